The fourth-order valence-electron chi connectivity index (χ4n) is 3.09. The Morgan fingerprint density at radius 1 is 1.16 bits per heavy atom. The summed E-state index contributed by atoms with van der Waals surface area (Å²) in [4.78, 5) is 0. The largest absolute Gasteiger partial charge is 0.384 e. The van der Waals surface area contributed by atoms with Crippen molar-refractivity contribution in [3.05, 3.63) is 35.4 Å². The topological polar surface area (TPSA) is 9.23 Å². The van der Waals surface area contributed by atoms with Gasteiger partial charge in [0.25, 0.3) is 0 Å². The van der Waals surface area contributed by atoms with Gasteiger partial charge in [-0.05, 0) is 35.8 Å². The molecule has 0 spiro atoms. The minimum Gasteiger partial charge on any atom is -0.384 e. The van der Waals surface area contributed by atoms with Gasteiger partial charge in [-0.2, -0.15) is 0 Å². The molecule has 106 valence electrons. The van der Waals surface area contributed by atoms with E-state index >= 15 is 0 Å². The van der Waals surface area contributed by atoms with Crippen molar-refractivity contribution in [2.75, 3.05) is 13.7 Å². The summed E-state index contributed by atoms with van der Waals surface area (Å²) < 4.78 is 5.11. The number of halogens is 1. The second kappa shape index (κ2) is 6.76. The molecule has 1 nitrogen and oxygen atoms in total. The first kappa shape index (κ1) is 14.9. The molecule has 2 heteroatoms. The molecule has 1 unspecified atom stereocenters. The van der Waals surface area contributed by atoms with E-state index in [1.165, 1.54) is 43.2 Å². The van der Waals surface area contributed by atoms with Gasteiger partial charge < -0.3 is 4.74 Å². The van der Waals surface area contributed by atoms with Crippen LogP contribution in [0.2, 0.25) is 0 Å². The van der Waals surface area contributed by atoms with Gasteiger partial charge in [0.1, 0.15) is 0 Å². The predicted octanol–water partition coefficient (Wildman–Crippen LogP) is 5.13. The Morgan fingerprint density at radius 2 is 1.79 bits per heavy atom. The minimum absolute atomic E-state index is 0.143. The van der Waals surface area contributed by atoms with Gasteiger partial charge in [-0.15, -0.1) is 11.6 Å². The van der Waals surface area contributed by atoms with Gasteiger partial charge in [-0.3, -0.25) is 0 Å². The molecule has 1 aliphatic rings. The maximum atomic E-state index is 6.76. The molecule has 0 N–H and O–H groups in total. The van der Waals surface area contributed by atoms with Gasteiger partial charge in [-0.25, -0.2) is 0 Å². The van der Waals surface area contributed by atoms with Crippen LogP contribution in [0, 0.1) is 5.41 Å². The highest BCUT2D eigenvalue weighted by Crippen LogP contribution is 2.49. The van der Waals surface area contributed by atoms with Crippen molar-refractivity contribution < 1.29 is 4.74 Å². The smallest absolute Gasteiger partial charge is 0.0638 e. The molecule has 2 rings (SSSR count). The maximum absolute atomic E-state index is 6.76. The van der Waals surface area contributed by atoms with Crippen molar-refractivity contribution >= 4 is 11.6 Å². The third-order valence-electron chi connectivity index (χ3n) is 4.47. The molecule has 0 heterocycles. The van der Waals surface area contributed by atoms with Crippen molar-refractivity contribution in [1.29, 1.82) is 0 Å². The second-order valence-electron chi connectivity index (χ2n) is 6.06. The Hall–Kier alpha value is -0.530. The Kier molecular flexibility index (Phi) is 5.29. The molecule has 0 aliphatic heterocycles. The average Bonchev–Trinajstić information content (AvgIpc) is 2.46. The first-order valence-corrected chi connectivity index (χ1v) is 7.81. The SMILES string of the molecule is COCCc1ccc(C(Cl)C2(C)CCCCC2)cc1. The zero-order chi connectivity index (χ0) is 13.7. The van der Waals surface area contributed by atoms with Crippen LogP contribution >= 0.6 is 11.6 Å². The highest BCUT2D eigenvalue weighted by molar-refractivity contribution is 6.21. The molecular weight excluding hydrogens is 256 g/mol. The third-order valence-corrected chi connectivity index (χ3v) is 5.25. The summed E-state index contributed by atoms with van der Waals surface area (Å²) in [5.74, 6) is 0. The van der Waals surface area contributed by atoms with Crippen LogP contribution < -0.4 is 0 Å². The van der Waals surface area contributed by atoms with Gasteiger partial charge in [0.05, 0.1) is 12.0 Å². The molecule has 1 aromatic carbocycles. The number of benzene rings is 1. The lowest BCUT2D eigenvalue weighted by molar-refractivity contribution is 0.202. The first-order chi connectivity index (χ1) is 9.15. The van der Waals surface area contributed by atoms with Crippen molar-refractivity contribution in [1.82, 2.24) is 0 Å². The Labute approximate surface area is 122 Å². The van der Waals surface area contributed by atoms with Crippen LogP contribution in [0.25, 0.3) is 0 Å². The summed E-state index contributed by atoms with van der Waals surface area (Å²) in [5, 5.41) is 0.143. The lowest BCUT2D eigenvalue weighted by atomic mass is 9.71. The molecule has 0 radical (unpaired) electrons. The fourth-order valence-corrected chi connectivity index (χ4v) is 3.45. The first-order valence-electron chi connectivity index (χ1n) is 7.37. The average molecular weight is 281 g/mol. The second-order valence-corrected chi connectivity index (χ2v) is 6.50. The van der Waals surface area contributed by atoms with Gasteiger partial charge in [0.15, 0.2) is 0 Å². The number of methoxy groups -OCH3 is 1. The summed E-state index contributed by atoms with van der Waals surface area (Å²) >= 11 is 6.76. The van der Waals surface area contributed by atoms with Crippen molar-refractivity contribution in [2.45, 2.75) is 50.8 Å². The lowest BCUT2D eigenvalue weighted by Crippen LogP contribution is -2.25. The summed E-state index contributed by atoms with van der Waals surface area (Å²) in [7, 11) is 1.74. The molecule has 0 bridgehead atoms. The third kappa shape index (κ3) is 3.73. The minimum atomic E-state index is 0.143. The summed E-state index contributed by atoms with van der Waals surface area (Å²) in [6, 6.07) is 8.77. The van der Waals surface area contributed by atoms with Crippen LogP contribution in [0.5, 0.6) is 0 Å². The van der Waals surface area contributed by atoms with Crippen LogP contribution in [0.1, 0.15) is 55.5 Å². The lowest BCUT2D eigenvalue weighted by Gasteiger charge is -2.38. The van der Waals surface area contributed by atoms with Crippen molar-refractivity contribution in [3.63, 3.8) is 0 Å². The molecule has 1 atom stereocenters. The van der Waals surface area contributed by atoms with E-state index < -0.39 is 0 Å². The van der Waals surface area contributed by atoms with Gasteiger partial charge in [-0.1, -0.05) is 50.5 Å². The van der Waals surface area contributed by atoms with E-state index in [0.29, 0.717) is 0 Å². The molecule has 0 aromatic heterocycles. The Morgan fingerprint density at radius 3 is 2.37 bits per heavy atom. The monoisotopic (exact) mass is 280 g/mol. The van der Waals surface area contributed by atoms with Crippen LogP contribution in [-0.2, 0) is 11.2 Å². The molecule has 0 saturated heterocycles. The van der Waals surface area contributed by atoms with Gasteiger partial charge in [0.2, 0.25) is 0 Å². The zero-order valence-electron chi connectivity index (χ0n) is 12.1. The predicted molar refractivity (Wildman–Crippen MR) is 81.8 cm³/mol. The normalized spacial score (nSPS) is 20.2. The van der Waals surface area contributed by atoms with Crippen LogP contribution in [0.4, 0.5) is 0 Å². The molecular formula is C17H25ClO. The number of hydrogen-bond acceptors (Lipinski definition) is 1. The van der Waals surface area contributed by atoms with E-state index in [0.717, 1.165) is 13.0 Å². The Bertz CT molecular complexity index is 379. The molecule has 19 heavy (non-hydrogen) atoms. The molecule has 0 amide bonds. The van der Waals surface area contributed by atoms with Gasteiger partial charge >= 0.3 is 0 Å². The van der Waals surface area contributed by atoms with E-state index in [9.17, 15) is 0 Å². The van der Waals surface area contributed by atoms with Crippen molar-refractivity contribution in [2.24, 2.45) is 5.41 Å². The molecule has 1 aromatic rings. The highest BCUT2D eigenvalue weighted by atomic mass is 35.5. The van der Waals surface area contributed by atoms with E-state index in [1.807, 2.05) is 0 Å². The number of alkyl halides is 1. The van der Waals surface area contributed by atoms with Crippen LogP contribution in [0.3, 0.4) is 0 Å². The quantitative estimate of drug-likeness (QED) is 0.680. The van der Waals surface area contributed by atoms with E-state index in [-0.39, 0.29) is 10.8 Å². The molecule has 1 fully saturated rings. The molecule has 1 saturated carbocycles. The summed E-state index contributed by atoms with van der Waals surface area (Å²) in [6.45, 7) is 3.13. The van der Waals surface area contributed by atoms with Gasteiger partial charge in [0, 0.05) is 7.11 Å². The number of rotatable bonds is 5. The van der Waals surface area contributed by atoms with Crippen LogP contribution in [0.15, 0.2) is 24.3 Å². The van der Waals surface area contributed by atoms with Crippen LogP contribution in [-0.4, -0.2) is 13.7 Å². The standard InChI is InChI=1S/C17H25ClO/c1-17(11-4-3-5-12-17)16(18)15-8-6-14(7-9-15)10-13-19-2/h6-9,16H,3-5,10-13H2,1-2H3. The molecule has 1 aliphatic carbocycles. The maximum Gasteiger partial charge on any atom is 0.0638 e. The van der Waals surface area contributed by atoms with E-state index in [2.05, 4.69) is 31.2 Å². The Balaban J connectivity index is 2.04. The van der Waals surface area contributed by atoms with Crippen molar-refractivity contribution in [3.8, 4) is 0 Å². The zero-order valence-corrected chi connectivity index (χ0v) is 12.9. The highest BCUT2D eigenvalue weighted by Gasteiger charge is 2.35. The number of hydrogen-bond donors (Lipinski definition) is 0. The van der Waals surface area contributed by atoms with E-state index in [4.69, 9.17) is 16.3 Å². The van der Waals surface area contributed by atoms with E-state index in [1.54, 1.807) is 7.11 Å². The number of ether oxygens (including phenoxy) is 1. The summed E-state index contributed by atoms with van der Waals surface area (Å²) in [5.41, 5.74) is 2.86. The summed E-state index contributed by atoms with van der Waals surface area (Å²) in [6.07, 6.45) is 7.51. The fraction of sp³-hybridized carbons (Fsp3) is 0.647.